The first kappa shape index (κ1) is 8.83. The largest absolute Gasteiger partial charge is 0.394 e. The predicted molar refractivity (Wildman–Crippen MR) is 32.4 cm³/mol. The molecule has 0 aliphatic carbocycles. The summed E-state index contributed by atoms with van der Waals surface area (Å²) in [5.41, 5.74) is 0. The molecule has 66 valence electrons. The maximum atomic E-state index is 12.7. The number of hydrogen-bond donors (Lipinski definition) is 2. The third kappa shape index (κ3) is 1.23. The Balaban J connectivity index is 2.71. The Morgan fingerprint density at radius 2 is 2.09 bits per heavy atom. The lowest BCUT2D eigenvalue weighted by molar-refractivity contribution is -0.106. The Labute approximate surface area is 62.6 Å². The van der Waals surface area contributed by atoms with Crippen molar-refractivity contribution < 1.29 is 23.7 Å². The summed E-state index contributed by atoms with van der Waals surface area (Å²) in [5.74, 6) is -3.24. The zero-order valence-electron chi connectivity index (χ0n) is 6.00. The van der Waals surface area contributed by atoms with Crippen LogP contribution in [0.4, 0.5) is 8.78 Å². The van der Waals surface area contributed by atoms with Gasteiger partial charge in [-0.05, 0) is 6.92 Å². The second-order valence-electron chi connectivity index (χ2n) is 2.62. The van der Waals surface area contributed by atoms with E-state index in [-0.39, 0.29) is 0 Å². The molecule has 0 radical (unpaired) electrons. The molecule has 2 unspecified atom stereocenters. The molecular formula is C6H10F2O3. The van der Waals surface area contributed by atoms with Crippen LogP contribution in [0, 0.1) is 0 Å². The summed E-state index contributed by atoms with van der Waals surface area (Å²) in [5, 5.41) is 17.3. The van der Waals surface area contributed by atoms with Gasteiger partial charge in [0.25, 0.3) is 0 Å². The van der Waals surface area contributed by atoms with Gasteiger partial charge < -0.3 is 14.9 Å². The molecule has 0 saturated carbocycles. The molecule has 0 bridgehead atoms. The summed E-state index contributed by atoms with van der Waals surface area (Å²) >= 11 is 0. The Morgan fingerprint density at radius 1 is 1.55 bits per heavy atom. The molecule has 1 heterocycles. The van der Waals surface area contributed by atoms with Gasteiger partial charge in [0.1, 0.15) is 18.3 Å². The summed E-state index contributed by atoms with van der Waals surface area (Å²) in [6.07, 6.45) is -4.36. The van der Waals surface area contributed by atoms with Gasteiger partial charge in [0.2, 0.25) is 0 Å². The van der Waals surface area contributed by atoms with E-state index in [1.165, 1.54) is 6.92 Å². The topological polar surface area (TPSA) is 49.7 Å². The van der Waals surface area contributed by atoms with Gasteiger partial charge in [0, 0.05) is 0 Å². The Kier molecular flexibility index (Phi) is 2.13. The first-order chi connectivity index (χ1) is 5.00. The fourth-order valence-corrected chi connectivity index (χ4v) is 1.06. The average Bonchev–Trinajstić information content (AvgIpc) is 2.14. The minimum absolute atomic E-state index is 0.582. The molecular weight excluding hydrogens is 158 g/mol. The average molecular weight is 168 g/mol. The van der Waals surface area contributed by atoms with Gasteiger partial charge >= 0.3 is 5.92 Å². The molecule has 2 N–H and O–H groups in total. The van der Waals surface area contributed by atoms with Crippen molar-refractivity contribution in [3.63, 3.8) is 0 Å². The molecule has 1 aliphatic heterocycles. The molecule has 0 aromatic heterocycles. The highest BCUT2D eigenvalue weighted by molar-refractivity contribution is 4.94. The van der Waals surface area contributed by atoms with E-state index in [9.17, 15) is 8.78 Å². The lowest BCUT2D eigenvalue weighted by Crippen LogP contribution is -2.39. The third-order valence-electron chi connectivity index (χ3n) is 1.85. The van der Waals surface area contributed by atoms with Crippen LogP contribution in [0.5, 0.6) is 0 Å². The van der Waals surface area contributed by atoms with Crippen molar-refractivity contribution in [3.05, 3.63) is 0 Å². The Bertz CT molecular complexity index is 151. The smallest absolute Gasteiger partial charge is 0.301 e. The van der Waals surface area contributed by atoms with E-state index < -0.39 is 30.8 Å². The van der Waals surface area contributed by atoms with Crippen molar-refractivity contribution in [1.82, 2.24) is 0 Å². The summed E-state index contributed by atoms with van der Waals surface area (Å²) in [6.45, 7) is 0.583. The van der Waals surface area contributed by atoms with Gasteiger partial charge in [-0.2, -0.15) is 0 Å². The first-order valence-corrected chi connectivity index (χ1v) is 3.32. The maximum absolute atomic E-state index is 12.7. The van der Waals surface area contributed by atoms with Crippen LogP contribution < -0.4 is 0 Å². The van der Waals surface area contributed by atoms with E-state index in [0.717, 1.165) is 0 Å². The third-order valence-corrected chi connectivity index (χ3v) is 1.85. The van der Waals surface area contributed by atoms with Crippen LogP contribution in [0.2, 0.25) is 0 Å². The van der Waals surface area contributed by atoms with Gasteiger partial charge in [-0.1, -0.05) is 0 Å². The van der Waals surface area contributed by atoms with Gasteiger partial charge in [0.05, 0.1) is 6.61 Å². The maximum Gasteiger partial charge on any atom is 0.301 e. The molecule has 5 heteroatoms. The normalized spacial score (nSPS) is 42.8. The van der Waals surface area contributed by atoms with Gasteiger partial charge in [-0.3, -0.25) is 0 Å². The molecule has 0 amide bonds. The number of aliphatic hydroxyl groups excluding tert-OH is 2. The highest BCUT2D eigenvalue weighted by Gasteiger charge is 2.55. The van der Waals surface area contributed by atoms with Crippen LogP contribution in [0.25, 0.3) is 0 Å². The van der Waals surface area contributed by atoms with E-state index in [2.05, 4.69) is 4.74 Å². The molecule has 1 fully saturated rings. The second-order valence-corrected chi connectivity index (χ2v) is 2.62. The van der Waals surface area contributed by atoms with E-state index in [1.807, 2.05) is 0 Å². The monoisotopic (exact) mass is 168 g/mol. The van der Waals surface area contributed by atoms with Crippen molar-refractivity contribution in [2.75, 3.05) is 6.61 Å². The highest BCUT2D eigenvalue weighted by Crippen LogP contribution is 2.35. The minimum Gasteiger partial charge on any atom is -0.394 e. The number of ether oxygens (including phenoxy) is 1. The number of rotatable bonds is 1. The number of hydrogen-bond acceptors (Lipinski definition) is 3. The molecule has 11 heavy (non-hydrogen) atoms. The summed E-state index contributed by atoms with van der Waals surface area (Å²) in [7, 11) is 0. The summed E-state index contributed by atoms with van der Waals surface area (Å²) in [6, 6.07) is 0. The van der Waals surface area contributed by atoms with Gasteiger partial charge in [0.15, 0.2) is 0 Å². The van der Waals surface area contributed by atoms with E-state index >= 15 is 0 Å². The van der Waals surface area contributed by atoms with Crippen molar-refractivity contribution in [3.8, 4) is 0 Å². The molecule has 0 spiro atoms. The summed E-state index contributed by atoms with van der Waals surface area (Å²) < 4.78 is 30.0. The Morgan fingerprint density at radius 3 is 2.27 bits per heavy atom. The Hall–Kier alpha value is -0.260. The quantitative estimate of drug-likeness (QED) is 0.568. The fraction of sp³-hybridized carbons (Fsp3) is 1.00. The standard InChI is InChI=1S/C6H10F2O3/c1-3-6(7,8)5(10)4(2-9)11-3/h3-5,9-10H,2H2,1H3/t3?,4-,5?/m1/s1. The minimum atomic E-state index is -3.24. The van der Waals surface area contributed by atoms with E-state index in [1.54, 1.807) is 0 Å². The molecule has 0 aromatic rings. The summed E-state index contributed by atoms with van der Waals surface area (Å²) in [4.78, 5) is 0. The van der Waals surface area contributed by atoms with Crippen LogP contribution in [-0.2, 0) is 4.74 Å². The first-order valence-electron chi connectivity index (χ1n) is 3.32. The molecule has 1 aliphatic rings. The van der Waals surface area contributed by atoms with Crippen molar-refractivity contribution in [1.29, 1.82) is 0 Å². The molecule has 1 saturated heterocycles. The van der Waals surface area contributed by atoms with Crippen molar-refractivity contribution >= 4 is 0 Å². The van der Waals surface area contributed by atoms with Gasteiger partial charge in [-0.25, -0.2) is 8.78 Å². The number of alkyl halides is 2. The molecule has 3 nitrogen and oxygen atoms in total. The van der Waals surface area contributed by atoms with Crippen LogP contribution in [0.1, 0.15) is 6.92 Å². The lowest BCUT2D eigenvalue weighted by Gasteiger charge is -2.15. The highest BCUT2D eigenvalue weighted by atomic mass is 19.3. The van der Waals surface area contributed by atoms with Crippen LogP contribution in [0.15, 0.2) is 0 Å². The molecule has 1 rings (SSSR count). The number of aliphatic hydroxyl groups is 2. The zero-order valence-corrected chi connectivity index (χ0v) is 6.00. The van der Waals surface area contributed by atoms with Crippen LogP contribution in [-0.4, -0.2) is 41.1 Å². The zero-order chi connectivity index (χ0) is 8.65. The second kappa shape index (κ2) is 2.66. The van der Waals surface area contributed by atoms with Crippen LogP contribution in [0.3, 0.4) is 0 Å². The van der Waals surface area contributed by atoms with Crippen molar-refractivity contribution in [2.45, 2.75) is 31.2 Å². The van der Waals surface area contributed by atoms with E-state index in [4.69, 9.17) is 10.2 Å². The van der Waals surface area contributed by atoms with E-state index in [0.29, 0.717) is 0 Å². The van der Waals surface area contributed by atoms with Crippen LogP contribution >= 0.6 is 0 Å². The van der Waals surface area contributed by atoms with Gasteiger partial charge in [-0.15, -0.1) is 0 Å². The van der Waals surface area contributed by atoms with Crippen molar-refractivity contribution in [2.24, 2.45) is 0 Å². The predicted octanol–water partition coefficient (Wildman–Crippen LogP) is -0.238. The lowest BCUT2D eigenvalue weighted by atomic mass is 10.1. The molecule has 0 aromatic carbocycles. The molecule has 3 atom stereocenters. The fourth-order valence-electron chi connectivity index (χ4n) is 1.06. The SMILES string of the molecule is CC1O[C@H](CO)C(O)C1(F)F. The number of halogens is 2.